The molecule has 0 aliphatic carbocycles. The Kier molecular flexibility index (Phi) is 11.0. The molecule has 0 unspecified atom stereocenters. The Labute approximate surface area is 286 Å². The lowest BCUT2D eigenvalue weighted by atomic mass is 10.0. The van der Waals surface area contributed by atoms with E-state index in [9.17, 15) is 5.11 Å². The van der Waals surface area contributed by atoms with Gasteiger partial charge in [-0.1, -0.05) is 106 Å². The highest BCUT2D eigenvalue weighted by Gasteiger charge is 2.15. The predicted octanol–water partition coefficient (Wildman–Crippen LogP) is 12.5. The van der Waals surface area contributed by atoms with Crippen molar-refractivity contribution in [2.45, 2.75) is 59.0 Å². The number of anilines is 6. The highest BCUT2D eigenvalue weighted by atomic mass is 16.3. The van der Waals surface area contributed by atoms with Crippen LogP contribution in [0, 0.1) is 0 Å². The Morgan fingerprint density at radius 3 is 1.02 bits per heavy atom. The summed E-state index contributed by atoms with van der Waals surface area (Å²) in [5, 5.41) is 9.62. The fourth-order valence-corrected chi connectivity index (χ4v) is 6.21. The predicted molar refractivity (Wildman–Crippen MR) is 204 cm³/mol. The summed E-state index contributed by atoms with van der Waals surface area (Å²) < 4.78 is 0. The van der Waals surface area contributed by atoms with Crippen LogP contribution in [0.25, 0.3) is 11.1 Å². The smallest absolute Gasteiger partial charge is 0.0681 e. The molecule has 48 heavy (non-hydrogen) atoms. The number of nitrogens with zero attached hydrogens (tertiary/aromatic N) is 2. The van der Waals surface area contributed by atoms with Gasteiger partial charge in [-0.25, -0.2) is 0 Å². The third-order valence-corrected chi connectivity index (χ3v) is 9.00. The number of para-hydroxylation sites is 1. The second kappa shape index (κ2) is 16.1. The normalized spacial score (nSPS) is 11.0. The Balaban J connectivity index is 1.27. The molecule has 0 radical (unpaired) electrons. The lowest BCUT2D eigenvalue weighted by molar-refractivity contribution is 0.282. The van der Waals surface area contributed by atoms with Gasteiger partial charge in [0.2, 0.25) is 0 Å². The van der Waals surface area contributed by atoms with E-state index in [-0.39, 0.29) is 6.61 Å². The zero-order valence-electron chi connectivity index (χ0n) is 28.2. The van der Waals surface area contributed by atoms with Gasteiger partial charge in [-0.2, -0.15) is 0 Å². The van der Waals surface area contributed by atoms with E-state index in [0.29, 0.717) is 0 Å². The van der Waals surface area contributed by atoms with Gasteiger partial charge in [0.15, 0.2) is 0 Å². The third kappa shape index (κ3) is 7.87. The summed E-state index contributed by atoms with van der Waals surface area (Å²) in [4.78, 5) is 4.60. The minimum absolute atomic E-state index is 0.0360. The van der Waals surface area contributed by atoms with E-state index in [4.69, 9.17) is 0 Å². The molecule has 0 aliphatic heterocycles. The lowest BCUT2D eigenvalue weighted by Crippen LogP contribution is -2.10. The molecule has 242 valence electrons. The monoisotopic (exact) mass is 630 g/mol. The Bertz CT molecular complexity index is 1830. The Morgan fingerprint density at radius 2 is 0.688 bits per heavy atom. The second-order valence-electron chi connectivity index (χ2n) is 12.5. The largest absolute Gasteiger partial charge is 0.392 e. The maximum absolute atomic E-state index is 9.62. The van der Waals surface area contributed by atoms with Gasteiger partial charge in [0.05, 0.1) is 6.61 Å². The fraction of sp³-hybridized carbons (Fsp3) is 0.200. The van der Waals surface area contributed by atoms with Crippen molar-refractivity contribution in [3.05, 3.63) is 168 Å². The van der Waals surface area contributed by atoms with Crippen LogP contribution in [0.3, 0.4) is 0 Å². The minimum Gasteiger partial charge on any atom is -0.392 e. The standard InChI is InChI=1S/C45H46N2O/c1-3-5-10-35-14-24-41(25-15-35)46(40-12-8-7-9-13-40)44-30-20-38(21-31-44)39-22-32-45(33-23-39)47(43-28-18-37(34-48)19-29-43)42-26-16-36(17-27-42)11-6-4-2/h7-9,12-33,48H,3-6,10-11,34H2,1-2H3. The molecule has 0 saturated heterocycles. The molecule has 0 bridgehead atoms. The molecular formula is C45H46N2O. The van der Waals surface area contributed by atoms with Gasteiger partial charge in [0, 0.05) is 34.1 Å². The van der Waals surface area contributed by atoms with Crippen LogP contribution >= 0.6 is 0 Å². The van der Waals surface area contributed by atoms with Crippen molar-refractivity contribution in [1.29, 1.82) is 0 Å². The molecule has 6 rings (SSSR count). The quantitative estimate of drug-likeness (QED) is 0.130. The molecule has 0 atom stereocenters. The van der Waals surface area contributed by atoms with E-state index in [0.717, 1.165) is 52.5 Å². The van der Waals surface area contributed by atoms with Crippen molar-refractivity contribution in [3.8, 4) is 11.1 Å². The van der Waals surface area contributed by atoms with Gasteiger partial charge in [-0.05, 0) is 126 Å². The number of hydrogen-bond donors (Lipinski definition) is 1. The first-order chi connectivity index (χ1) is 23.7. The minimum atomic E-state index is 0.0360. The molecule has 3 nitrogen and oxygen atoms in total. The topological polar surface area (TPSA) is 26.7 Å². The van der Waals surface area contributed by atoms with Crippen molar-refractivity contribution in [3.63, 3.8) is 0 Å². The fourth-order valence-electron chi connectivity index (χ4n) is 6.21. The molecule has 6 aromatic rings. The average Bonchev–Trinajstić information content (AvgIpc) is 3.16. The molecule has 0 aliphatic rings. The molecule has 0 spiro atoms. The summed E-state index contributed by atoms with van der Waals surface area (Å²) >= 11 is 0. The summed E-state index contributed by atoms with van der Waals surface area (Å²) in [6, 6.07) is 54.4. The van der Waals surface area contributed by atoms with Crippen LogP contribution in [0.15, 0.2) is 152 Å². The average molecular weight is 631 g/mol. The Morgan fingerprint density at radius 1 is 0.375 bits per heavy atom. The van der Waals surface area contributed by atoms with Crippen LogP contribution in [-0.2, 0) is 19.4 Å². The van der Waals surface area contributed by atoms with Gasteiger partial charge in [0.25, 0.3) is 0 Å². The molecule has 0 aromatic heterocycles. The van der Waals surface area contributed by atoms with E-state index < -0.39 is 0 Å². The van der Waals surface area contributed by atoms with Crippen molar-refractivity contribution in [1.82, 2.24) is 0 Å². The number of rotatable bonds is 14. The van der Waals surface area contributed by atoms with Crippen LogP contribution in [0.2, 0.25) is 0 Å². The van der Waals surface area contributed by atoms with Gasteiger partial charge < -0.3 is 14.9 Å². The van der Waals surface area contributed by atoms with Gasteiger partial charge in [0.1, 0.15) is 0 Å². The molecule has 0 heterocycles. The highest BCUT2D eigenvalue weighted by Crippen LogP contribution is 2.38. The van der Waals surface area contributed by atoms with Crippen LogP contribution in [0.1, 0.15) is 56.2 Å². The van der Waals surface area contributed by atoms with Crippen molar-refractivity contribution in [2.24, 2.45) is 0 Å². The van der Waals surface area contributed by atoms with E-state index in [1.165, 1.54) is 47.9 Å². The van der Waals surface area contributed by atoms with Crippen molar-refractivity contribution in [2.75, 3.05) is 9.80 Å². The molecule has 6 aromatic carbocycles. The van der Waals surface area contributed by atoms with E-state index in [1.54, 1.807) is 0 Å². The summed E-state index contributed by atoms with van der Waals surface area (Å²) in [5.74, 6) is 0. The molecule has 1 N–H and O–H groups in total. The van der Waals surface area contributed by atoms with Crippen molar-refractivity contribution >= 4 is 34.1 Å². The van der Waals surface area contributed by atoms with Gasteiger partial charge in [-0.3, -0.25) is 0 Å². The zero-order valence-corrected chi connectivity index (χ0v) is 28.2. The van der Waals surface area contributed by atoms with Crippen molar-refractivity contribution < 1.29 is 5.11 Å². The van der Waals surface area contributed by atoms with Crippen LogP contribution < -0.4 is 9.80 Å². The van der Waals surface area contributed by atoms with E-state index in [2.05, 4.69) is 163 Å². The number of aryl methyl sites for hydroxylation is 2. The number of unbranched alkanes of at least 4 members (excludes halogenated alkanes) is 2. The summed E-state index contributed by atoms with van der Waals surface area (Å²) in [6.45, 7) is 4.51. The summed E-state index contributed by atoms with van der Waals surface area (Å²) in [5.41, 5.74) is 12.7. The molecular weight excluding hydrogens is 585 g/mol. The summed E-state index contributed by atoms with van der Waals surface area (Å²) in [7, 11) is 0. The second-order valence-corrected chi connectivity index (χ2v) is 12.5. The SMILES string of the molecule is CCCCc1ccc(N(c2ccccc2)c2ccc(-c3ccc(N(c4ccc(CO)cc4)c4ccc(CCCC)cc4)cc3)cc2)cc1. The van der Waals surface area contributed by atoms with Gasteiger partial charge in [-0.15, -0.1) is 0 Å². The Hall–Kier alpha value is -5.12. The summed E-state index contributed by atoms with van der Waals surface area (Å²) in [6.07, 6.45) is 7.03. The number of hydrogen-bond acceptors (Lipinski definition) is 3. The van der Waals surface area contributed by atoms with E-state index >= 15 is 0 Å². The number of aliphatic hydroxyl groups excluding tert-OH is 1. The molecule has 0 fully saturated rings. The molecule has 0 amide bonds. The van der Waals surface area contributed by atoms with Crippen LogP contribution in [-0.4, -0.2) is 5.11 Å². The van der Waals surface area contributed by atoms with Crippen LogP contribution in [0.4, 0.5) is 34.1 Å². The van der Waals surface area contributed by atoms with Crippen LogP contribution in [0.5, 0.6) is 0 Å². The maximum atomic E-state index is 9.62. The zero-order chi connectivity index (χ0) is 33.1. The van der Waals surface area contributed by atoms with Gasteiger partial charge >= 0.3 is 0 Å². The first-order valence-corrected chi connectivity index (χ1v) is 17.4. The maximum Gasteiger partial charge on any atom is 0.0681 e. The highest BCUT2D eigenvalue weighted by molar-refractivity contribution is 5.80. The molecule has 0 saturated carbocycles. The van der Waals surface area contributed by atoms with E-state index in [1.807, 2.05) is 12.1 Å². The number of aliphatic hydroxyl groups is 1. The molecule has 3 heteroatoms. The number of benzene rings is 6. The first kappa shape index (κ1) is 32.8. The lowest BCUT2D eigenvalue weighted by Gasteiger charge is -2.26. The third-order valence-electron chi connectivity index (χ3n) is 9.00. The first-order valence-electron chi connectivity index (χ1n) is 17.4.